The predicted molar refractivity (Wildman–Crippen MR) is 80.3 cm³/mol. The molecule has 0 saturated heterocycles. The first-order valence-corrected chi connectivity index (χ1v) is 6.84. The number of ether oxygens (including phenoxy) is 2. The van der Waals surface area contributed by atoms with Crippen molar-refractivity contribution in [1.82, 2.24) is 4.90 Å². The highest BCUT2D eigenvalue weighted by molar-refractivity contribution is 7.80. The summed E-state index contributed by atoms with van der Waals surface area (Å²) in [4.78, 5) is 14.3. The molecular weight excluding hydrogens is 276 g/mol. The maximum atomic E-state index is 12.3. The SMILES string of the molecule is CC(CN(C)C(=O)c1ccc2c(c1)OCCO2)C(N)=S. The summed E-state index contributed by atoms with van der Waals surface area (Å²) >= 11 is 4.92. The monoisotopic (exact) mass is 294 g/mol. The molecule has 6 heteroatoms. The fourth-order valence-electron chi connectivity index (χ4n) is 1.98. The fourth-order valence-corrected chi connectivity index (χ4v) is 2.05. The Morgan fingerprint density at radius 2 is 2.05 bits per heavy atom. The third-order valence-corrected chi connectivity index (χ3v) is 3.57. The van der Waals surface area contributed by atoms with Gasteiger partial charge in [-0.1, -0.05) is 19.1 Å². The van der Waals surface area contributed by atoms with Gasteiger partial charge in [-0.15, -0.1) is 0 Å². The molecule has 0 aromatic heterocycles. The summed E-state index contributed by atoms with van der Waals surface area (Å²) in [5, 5.41) is 0. The lowest BCUT2D eigenvalue weighted by Gasteiger charge is -2.22. The minimum atomic E-state index is -0.0925. The zero-order valence-corrected chi connectivity index (χ0v) is 12.4. The van der Waals surface area contributed by atoms with Gasteiger partial charge in [-0.2, -0.15) is 0 Å². The smallest absolute Gasteiger partial charge is 0.253 e. The van der Waals surface area contributed by atoms with Crippen molar-refractivity contribution in [3.8, 4) is 11.5 Å². The van der Waals surface area contributed by atoms with Crippen LogP contribution >= 0.6 is 12.2 Å². The molecule has 20 heavy (non-hydrogen) atoms. The summed E-state index contributed by atoms with van der Waals surface area (Å²) in [6.45, 7) is 3.42. The van der Waals surface area contributed by atoms with Crippen LogP contribution in [-0.2, 0) is 0 Å². The van der Waals surface area contributed by atoms with E-state index in [4.69, 9.17) is 27.4 Å². The molecule has 0 bridgehead atoms. The molecule has 0 radical (unpaired) electrons. The number of carbonyl (C=O) groups excluding carboxylic acids is 1. The first-order valence-electron chi connectivity index (χ1n) is 6.43. The van der Waals surface area contributed by atoms with Gasteiger partial charge in [-0.3, -0.25) is 4.79 Å². The third-order valence-electron chi connectivity index (χ3n) is 3.17. The minimum absolute atomic E-state index is 0.0174. The van der Waals surface area contributed by atoms with E-state index in [0.717, 1.165) is 0 Å². The van der Waals surface area contributed by atoms with Gasteiger partial charge in [-0.25, -0.2) is 0 Å². The molecule has 0 fully saturated rings. The molecule has 2 rings (SSSR count). The Bertz CT molecular complexity index is 533. The quantitative estimate of drug-likeness (QED) is 0.852. The number of thiocarbonyl (C=S) groups is 1. The molecule has 1 aliphatic rings. The van der Waals surface area contributed by atoms with Crippen LogP contribution in [0.4, 0.5) is 0 Å². The second-order valence-electron chi connectivity index (χ2n) is 4.85. The molecule has 0 saturated carbocycles. The van der Waals surface area contributed by atoms with E-state index in [2.05, 4.69) is 0 Å². The number of hydrogen-bond acceptors (Lipinski definition) is 4. The van der Waals surface area contributed by atoms with E-state index >= 15 is 0 Å². The Balaban J connectivity index is 2.10. The van der Waals surface area contributed by atoms with E-state index < -0.39 is 0 Å². The van der Waals surface area contributed by atoms with Gasteiger partial charge in [0.25, 0.3) is 5.91 Å². The average Bonchev–Trinajstić information content (AvgIpc) is 2.45. The Labute approximate surface area is 123 Å². The minimum Gasteiger partial charge on any atom is -0.486 e. The van der Waals surface area contributed by atoms with Crippen molar-refractivity contribution in [1.29, 1.82) is 0 Å². The second kappa shape index (κ2) is 6.09. The summed E-state index contributed by atoms with van der Waals surface area (Å²) in [6.07, 6.45) is 0. The first kappa shape index (κ1) is 14.6. The van der Waals surface area contributed by atoms with Gasteiger partial charge < -0.3 is 20.1 Å². The third kappa shape index (κ3) is 3.19. The topological polar surface area (TPSA) is 64.8 Å². The maximum Gasteiger partial charge on any atom is 0.253 e. The molecular formula is C14H18N2O3S. The van der Waals surface area contributed by atoms with Gasteiger partial charge in [0.1, 0.15) is 13.2 Å². The number of benzene rings is 1. The van der Waals surface area contributed by atoms with E-state index in [0.29, 0.717) is 41.8 Å². The second-order valence-corrected chi connectivity index (χ2v) is 5.32. The number of amides is 1. The first-order chi connectivity index (χ1) is 9.49. The molecule has 1 amide bonds. The van der Waals surface area contributed by atoms with Crippen molar-refractivity contribution in [2.45, 2.75) is 6.92 Å². The van der Waals surface area contributed by atoms with Gasteiger partial charge in [0, 0.05) is 25.1 Å². The van der Waals surface area contributed by atoms with Gasteiger partial charge >= 0.3 is 0 Å². The zero-order valence-electron chi connectivity index (χ0n) is 11.6. The van der Waals surface area contributed by atoms with Crippen LogP contribution in [0.3, 0.4) is 0 Å². The van der Waals surface area contributed by atoms with Gasteiger partial charge in [0.2, 0.25) is 0 Å². The van der Waals surface area contributed by atoms with E-state index in [1.807, 2.05) is 6.92 Å². The van der Waals surface area contributed by atoms with Gasteiger partial charge in [0.15, 0.2) is 11.5 Å². The lowest BCUT2D eigenvalue weighted by atomic mass is 10.1. The lowest BCUT2D eigenvalue weighted by molar-refractivity contribution is 0.0786. The number of carbonyl (C=O) groups is 1. The Hall–Kier alpha value is -1.82. The summed E-state index contributed by atoms with van der Waals surface area (Å²) < 4.78 is 10.9. The van der Waals surface area contributed by atoms with Crippen molar-refractivity contribution < 1.29 is 14.3 Å². The summed E-state index contributed by atoms with van der Waals surface area (Å²) in [5.74, 6) is 1.17. The highest BCUT2D eigenvalue weighted by Crippen LogP contribution is 2.31. The Morgan fingerprint density at radius 3 is 2.70 bits per heavy atom. The number of nitrogens with zero attached hydrogens (tertiary/aromatic N) is 1. The number of fused-ring (bicyclic) bond motifs is 1. The van der Waals surface area contributed by atoms with Crippen LogP contribution in [0, 0.1) is 5.92 Å². The van der Waals surface area contributed by atoms with Crippen LogP contribution in [0.1, 0.15) is 17.3 Å². The molecule has 1 heterocycles. The summed E-state index contributed by atoms with van der Waals surface area (Å²) in [7, 11) is 1.73. The lowest BCUT2D eigenvalue weighted by Crippen LogP contribution is -2.35. The molecule has 1 aromatic carbocycles. The van der Waals surface area contributed by atoms with Crippen LogP contribution in [0.25, 0.3) is 0 Å². The molecule has 0 aliphatic carbocycles. The Morgan fingerprint density at radius 1 is 1.40 bits per heavy atom. The average molecular weight is 294 g/mol. The highest BCUT2D eigenvalue weighted by Gasteiger charge is 2.19. The van der Waals surface area contributed by atoms with Crippen molar-refractivity contribution in [2.75, 3.05) is 26.8 Å². The fraction of sp³-hybridized carbons (Fsp3) is 0.429. The van der Waals surface area contributed by atoms with Crippen molar-refractivity contribution in [2.24, 2.45) is 11.7 Å². The number of rotatable bonds is 4. The normalized spacial score (nSPS) is 14.5. The van der Waals surface area contributed by atoms with Crippen molar-refractivity contribution in [3.05, 3.63) is 23.8 Å². The molecule has 1 aromatic rings. The van der Waals surface area contributed by atoms with Crippen LogP contribution in [0.15, 0.2) is 18.2 Å². The number of hydrogen-bond donors (Lipinski definition) is 1. The van der Waals surface area contributed by atoms with Crippen LogP contribution in [0.2, 0.25) is 0 Å². The Kier molecular flexibility index (Phi) is 4.44. The zero-order chi connectivity index (χ0) is 14.7. The van der Waals surface area contributed by atoms with Crippen molar-refractivity contribution in [3.63, 3.8) is 0 Å². The predicted octanol–water partition coefficient (Wildman–Crippen LogP) is 1.45. The molecule has 108 valence electrons. The molecule has 1 atom stereocenters. The molecule has 5 nitrogen and oxygen atoms in total. The highest BCUT2D eigenvalue weighted by atomic mass is 32.1. The summed E-state index contributed by atoms with van der Waals surface area (Å²) in [6, 6.07) is 5.20. The van der Waals surface area contributed by atoms with Crippen LogP contribution in [0.5, 0.6) is 11.5 Å². The van der Waals surface area contributed by atoms with Crippen LogP contribution < -0.4 is 15.2 Å². The number of nitrogens with two attached hydrogens (primary N) is 1. The molecule has 1 unspecified atom stereocenters. The van der Waals surface area contributed by atoms with Crippen LogP contribution in [-0.4, -0.2) is 42.6 Å². The van der Waals surface area contributed by atoms with E-state index in [1.54, 1.807) is 30.1 Å². The molecule has 0 spiro atoms. The van der Waals surface area contributed by atoms with Crippen molar-refractivity contribution >= 4 is 23.1 Å². The van der Waals surface area contributed by atoms with Gasteiger partial charge in [0.05, 0.1) is 4.99 Å². The van der Waals surface area contributed by atoms with E-state index in [9.17, 15) is 4.79 Å². The standard InChI is InChI=1S/C14H18N2O3S/c1-9(13(15)20)8-16(2)14(17)10-3-4-11-12(7-10)19-6-5-18-11/h3-4,7,9H,5-6,8H2,1-2H3,(H2,15,20). The van der Waals surface area contributed by atoms with Gasteiger partial charge in [-0.05, 0) is 18.2 Å². The van der Waals surface area contributed by atoms with E-state index in [1.165, 1.54) is 0 Å². The molecule has 2 N–H and O–H groups in total. The summed E-state index contributed by atoms with van der Waals surface area (Å²) in [5.41, 5.74) is 6.13. The largest absolute Gasteiger partial charge is 0.486 e. The van der Waals surface area contributed by atoms with E-state index in [-0.39, 0.29) is 11.8 Å². The molecule has 1 aliphatic heterocycles. The maximum absolute atomic E-state index is 12.3.